The molecule has 6 rings (SSSR count). The van der Waals surface area contributed by atoms with E-state index in [-0.39, 0.29) is 18.5 Å². The highest BCUT2D eigenvalue weighted by molar-refractivity contribution is 7.08. The van der Waals surface area contributed by atoms with Gasteiger partial charge in [0.1, 0.15) is 12.3 Å². The summed E-state index contributed by atoms with van der Waals surface area (Å²) in [6.45, 7) is 5.64. The summed E-state index contributed by atoms with van der Waals surface area (Å²) in [5, 5.41) is 26.7. The molecule has 6 heterocycles. The molecule has 0 aliphatic carbocycles. The van der Waals surface area contributed by atoms with Crippen LogP contribution in [0.2, 0.25) is 0 Å². The smallest absolute Gasteiger partial charge is 0.203 e. The van der Waals surface area contributed by atoms with Crippen molar-refractivity contribution in [2.24, 2.45) is 30.0 Å². The van der Waals surface area contributed by atoms with Crippen molar-refractivity contribution in [2.45, 2.75) is 51.1 Å². The van der Waals surface area contributed by atoms with Crippen molar-refractivity contribution >= 4 is 69.8 Å². The molecule has 3 aliphatic rings. The third-order valence-corrected chi connectivity index (χ3v) is 11.5. The van der Waals surface area contributed by atoms with Crippen LogP contribution in [-0.4, -0.2) is 154 Å². The van der Waals surface area contributed by atoms with Gasteiger partial charge in [-0.3, -0.25) is 16.0 Å². The fourth-order valence-electron chi connectivity index (χ4n) is 6.13. The first-order valence-corrected chi connectivity index (χ1v) is 21.5. The second kappa shape index (κ2) is 19.3. The molecule has 18 heteroatoms. The van der Waals surface area contributed by atoms with Crippen molar-refractivity contribution in [3.8, 4) is 0 Å². The Balaban J connectivity index is 1.23. The quantitative estimate of drug-likeness (QED) is 0.194. The standard InChI is InChI=1S/C37H55N15S3/c1-26-39-33(48(3)4)46-36(40-26)51(16-9-28-13-20-54-24-28)18-11-30-42-34(49(5)6)47-37(43-30)52(17-10-29-14-21-55-25-29)22-31-41-32(38-2)45-35(44-31)50(7)15-8-27-12-19-53-23-27/h12-14,19-21,23-26,30-31H,8-11,15-18,22H2,1-7H3,(H,39,40,46)(H,42,43,47)(H2,38,41,44,45). The summed E-state index contributed by atoms with van der Waals surface area (Å²) in [7, 11) is 12.0. The van der Waals surface area contributed by atoms with Crippen molar-refractivity contribution in [2.75, 3.05) is 75.0 Å². The van der Waals surface area contributed by atoms with E-state index in [4.69, 9.17) is 25.0 Å². The number of hydrogen-bond acceptors (Lipinski definition) is 18. The lowest BCUT2D eigenvalue weighted by atomic mass is 10.2. The third kappa shape index (κ3) is 11.4. The highest BCUT2D eigenvalue weighted by atomic mass is 32.1. The second-order valence-electron chi connectivity index (χ2n) is 14.0. The van der Waals surface area contributed by atoms with Crippen LogP contribution in [0, 0.1) is 0 Å². The first-order valence-electron chi connectivity index (χ1n) is 18.7. The van der Waals surface area contributed by atoms with E-state index in [0.29, 0.717) is 25.5 Å². The highest BCUT2D eigenvalue weighted by Crippen LogP contribution is 2.16. The molecule has 0 bridgehead atoms. The number of guanidine groups is 6. The minimum atomic E-state index is -0.355. The number of likely N-dealkylation sites (N-methyl/N-ethyl adjacent to an activating group) is 1. The summed E-state index contributed by atoms with van der Waals surface area (Å²) in [6.07, 6.45) is 2.57. The molecule has 55 heavy (non-hydrogen) atoms. The zero-order chi connectivity index (χ0) is 38.7. The minimum Gasteiger partial charge on any atom is -0.359 e. The zero-order valence-electron chi connectivity index (χ0n) is 32.9. The van der Waals surface area contributed by atoms with E-state index in [1.54, 1.807) is 34.0 Å². The Hall–Kier alpha value is -4.68. The monoisotopic (exact) mass is 805 g/mol. The van der Waals surface area contributed by atoms with Gasteiger partial charge in [0, 0.05) is 74.9 Å². The normalized spacial score (nSPS) is 19.3. The Morgan fingerprint density at radius 3 is 1.65 bits per heavy atom. The zero-order valence-corrected chi connectivity index (χ0v) is 35.4. The molecule has 3 aliphatic heterocycles. The molecule has 3 unspecified atom stereocenters. The average molecular weight is 806 g/mol. The van der Waals surface area contributed by atoms with Gasteiger partial charge < -0.3 is 29.8 Å². The molecule has 4 N–H and O–H groups in total. The summed E-state index contributed by atoms with van der Waals surface area (Å²) >= 11 is 5.17. The summed E-state index contributed by atoms with van der Waals surface area (Å²) in [5.74, 6) is 4.66. The summed E-state index contributed by atoms with van der Waals surface area (Å²) in [4.78, 5) is 40.8. The van der Waals surface area contributed by atoms with Gasteiger partial charge in [0.15, 0.2) is 12.1 Å². The first-order chi connectivity index (χ1) is 26.6. The van der Waals surface area contributed by atoms with E-state index in [1.807, 2.05) is 52.0 Å². The number of rotatable bonds is 14. The Morgan fingerprint density at radius 2 is 1.09 bits per heavy atom. The number of nitrogens with zero attached hydrogens (tertiary/aromatic N) is 11. The maximum atomic E-state index is 5.28. The van der Waals surface area contributed by atoms with Crippen molar-refractivity contribution < 1.29 is 0 Å². The van der Waals surface area contributed by atoms with E-state index in [2.05, 4.69) is 98.5 Å². The van der Waals surface area contributed by atoms with Crippen LogP contribution in [0.1, 0.15) is 30.0 Å². The molecule has 0 saturated carbocycles. The van der Waals surface area contributed by atoms with Gasteiger partial charge in [-0.25, -0.2) is 30.0 Å². The lowest BCUT2D eigenvalue weighted by molar-refractivity contribution is 0.359. The van der Waals surface area contributed by atoms with Gasteiger partial charge in [-0.2, -0.15) is 34.0 Å². The van der Waals surface area contributed by atoms with Crippen molar-refractivity contribution in [3.05, 3.63) is 67.2 Å². The van der Waals surface area contributed by atoms with E-state index >= 15 is 0 Å². The molecule has 15 nitrogen and oxygen atoms in total. The number of thiophene rings is 3. The first kappa shape index (κ1) is 40.0. The highest BCUT2D eigenvalue weighted by Gasteiger charge is 2.28. The van der Waals surface area contributed by atoms with E-state index in [9.17, 15) is 0 Å². The van der Waals surface area contributed by atoms with Crippen LogP contribution in [0.4, 0.5) is 0 Å². The molecule has 296 valence electrons. The molecule has 0 radical (unpaired) electrons. The molecule has 3 aromatic heterocycles. The maximum absolute atomic E-state index is 5.28. The average Bonchev–Trinajstić information content (AvgIpc) is 4.00. The number of hydrogen-bond donors (Lipinski definition) is 4. The molecule has 0 aromatic carbocycles. The Labute approximate surface area is 337 Å². The molecular formula is C37H55N15S3. The second-order valence-corrected chi connectivity index (χ2v) is 16.4. The minimum absolute atomic E-state index is 0.180. The predicted molar refractivity (Wildman–Crippen MR) is 232 cm³/mol. The van der Waals surface area contributed by atoms with Crippen LogP contribution < -0.4 is 21.3 Å². The van der Waals surface area contributed by atoms with Crippen LogP contribution in [0.5, 0.6) is 0 Å². The lowest BCUT2D eigenvalue weighted by Crippen LogP contribution is -2.55. The van der Waals surface area contributed by atoms with Gasteiger partial charge in [-0.05, 0) is 93.4 Å². The van der Waals surface area contributed by atoms with Crippen LogP contribution >= 0.6 is 34.0 Å². The van der Waals surface area contributed by atoms with Gasteiger partial charge in [0.25, 0.3) is 0 Å². The van der Waals surface area contributed by atoms with Crippen LogP contribution in [0.15, 0.2) is 80.4 Å². The third-order valence-electron chi connectivity index (χ3n) is 9.29. The fourth-order valence-corrected chi connectivity index (χ4v) is 8.24. The number of nitrogens with one attached hydrogen (secondary N) is 4. The molecule has 3 atom stereocenters. The van der Waals surface area contributed by atoms with Gasteiger partial charge in [0.2, 0.25) is 29.8 Å². The van der Waals surface area contributed by atoms with E-state index < -0.39 is 0 Å². The van der Waals surface area contributed by atoms with Gasteiger partial charge in [-0.15, -0.1) is 0 Å². The molecule has 0 fully saturated rings. The van der Waals surface area contributed by atoms with Crippen molar-refractivity contribution in [1.29, 1.82) is 0 Å². The molecular weight excluding hydrogens is 751 g/mol. The SMILES string of the molecule is CNC1=NC(CN(CCc2ccsc2)C2=NC(CCN(CCc3ccsc3)C3=NC(C)N=C(N(C)C)N3)N=C(N(C)C)N2)N=C(N(C)CCc2ccsc2)N1. The van der Waals surface area contributed by atoms with Crippen molar-refractivity contribution in [3.63, 3.8) is 0 Å². The van der Waals surface area contributed by atoms with Gasteiger partial charge in [0.05, 0.1) is 6.54 Å². The Bertz CT molecular complexity index is 1830. The van der Waals surface area contributed by atoms with E-state index in [0.717, 1.165) is 68.7 Å². The largest absolute Gasteiger partial charge is 0.359 e. The van der Waals surface area contributed by atoms with Gasteiger partial charge in [-0.1, -0.05) is 0 Å². The molecule has 3 aromatic rings. The predicted octanol–water partition coefficient (Wildman–Crippen LogP) is 3.11. The molecule has 0 amide bonds. The lowest BCUT2D eigenvalue weighted by Gasteiger charge is -2.35. The topological polar surface area (TPSA) is 138 Å². The van der Waals surface area contributed by atoms with Crippen LogP contribution in [0.25, 0.3) is 0 Å². The summed E-state index contributed by atoms with van der Waals surface area (Å²) < 4.78 is 0. The maximum Gasteiger partial charge on any atom is 0.203 e. The Kier molecular flexibility index (Phi) is 14.0. The summed E-state index contributed by atoms with van der Waals surface area (Å²) in [5.41, 5.74) is 3.94. The van der Waals surface area contributed by atoms with Crippen LogP contribution in [0.3, 0.4) is 0 Å². The number of aliphatic imine (C=N–C) groups is 6. The van der Waals surface area contributed by atoms with Crippen LogP contribution in [-0.2, 0) is 19.3 Å². The molecule has 0 spiro atoms. The van der Waals surface area contributed by atoms with Crippen molar-refractivity contribution in [1.82, 2.24) is 45.8 Å². The summed E-state index contributed by atoms with van der Waals surface area (Å²) in [6, 6.07) is 6.56. The molecule has 0 saturated heterocycles. The Morgan fingerprint density at radius 1 is 0.582 bits per heavy atom. The fraction of sp³-hybridized carbons (Fsp3) is 0.514. The van der Waals surface area contributed by atoms with E-state index in [1.165, 1.54) is 16.7 Å². The van der Waals surface area contributed by atoms with Gasteiger partial charge >= 0.3 is 0 Å².